The first kappa shape index (κ1) is 12.1. The lowest BCUT2D eigenvalue weighted by Crippen LogP contribution is -2.40. The van der Waals surface area contributed by atoms with Crippen molar-refractivity contribution < 1.29 is 14.3 Å². The van der Waals surface area contributed by atoms with Crippen molar-refractivity contribution in [3.63, 3.8) is 0 Å². The Balaban J connectivity index is 1.84. The van der Waals surface area contributed by atoms with Gasteiger partial charge < -0.3 is 10.1 Å². The van der Waals surface area contributed by atoms with Gasteiger partial charge in [0.1, 0.15) is 14.0 Å². The van der Waals surface area contributed by atoms with Gasteiger partial charge in [0.05, 0.1) is 18.3 Å². The van der Waals surface area contributed by atoms with Gasteiger partial charge in [0.25, 0.3) is 0 Å². The van der Waals surface area contributed by atoms with E-state index in [1.807, 2.05) is 20.0 Å². The Morgan fingerprint density at radius 1 is 1.58 bits per heavy atom. The molecule has 1 fully saturated rings. The van der Waals surface area contributed by atoms with Gasteiger partial charge in [-0.15, -0.1) is 0 Å². The Morgan fingerprint density at radius 3 is 3.11 bits per heavy atom. The van der Waals surface area contributed by atoms with Gasteiger partial charge in [-0.3, -0.25) is 9.69 Å². The molecule has 0 radical (unpaired) electrons. The highest BCUT2D eigenvalue weighted by molar-refractivity contribution is 6.32. The number of anilines is 1. The van der Waals surface area contributed by atoms with E-state index in [0.717, 1.165) is 12.1 Å². The second kappa shape index (κ2) is 4.29. The summed E-state index contributed by atoms with van der Waals surface area (Å²) < 4.78 is 5.34. The predicted molar refractivity (Wildman–Crippen MR) is 73.5 cm³/mol. The van der Waals surface area contributed by atoms with Gasteiger partial charge in [0.15, 0.2) is 0 Å². The van der Waals surface area contributed by atoms with E-state index in [1.54, 1.807) is 4.90 Å². The topological polar surface area (TPSA) is 58.6 Å². The van der Waals surface area contributed by atoms with Crippen LogP contribution in [0.5, 0.6) is 0 Å². The summed E-state index contributed by atoms with van der Waals surface area (Å²) in [6.45, 7) is 1.83. The van der Waals surface area contributed by atoms with E-state index in [-0.39, 0.29) is 24.1 Å². The summed E-state index contributed by atoms with van der Waals surface area (Å²) in [6.07, 6.45) is 0.194. The molecule has 19 heavy (non-hydrogen) atoms. The molecule has 0 aromatic heterocycles. The summed E-state index contributed by atoms with van der Waals surface area (Å²) in [5, 5.41) is 2.72. The van der Waals surface area contributed by atoms with E-state index >= 15 is 0 Å². The predicted octanol–water partition coefficient (Wildman–Crippen LogP) is -0.669. The van der Waals surface area contributed by atoms with Crippen molar-refractivity contribution in [3.8, 4) is 0 Å². The van der Waals surface area contributed by atoms with E-state index < -0.39 is 0 Å². The summed E-state index contributed by atoms with van der Waals surface area (Å²) in [4.78, 5) is 24.6. The SMILES string of the molecule is Bc1ccc2c(c1)CC1C(CNC(C)=O)OC(=O)N21. The van der Waals surface area contributed by atoms with Crippen LogP contribution >= 0.6 is 0 Å². The number of fused-ring (bicyclic) bond motifs is 3. The molecule has 98 valence electrons. The molecule has 2 amide bonds. The summed E-state index contributed by atoms with van der Waals surface area (Å²) in [5.41, 5.74) is 3.30. The first-order chi connectivity index (χ1) is 9.06. The number of rotatable bonds is 2. The Hall–Kier alpha value is -1.98. The first-order valence-corrected chi connectivity index (χ1v) is 6.40. The molecule has 2 unspecified atom stereocenters. The fourth-order valence-corrected chi connectivity index (χ4v) is 2.83. The second-order valence-corrected chi connectivity index (χ2v) is 5.13. The van der Waals surface area contributed by atoms with Gasteiger partial charge in [-0.1, -0.05) is 17.6 Å². The third-order valence-electron chi connectivity index (χ3n) is 3.69. The molecule has 2 atom stereocenters. The summed E-state index contributed by atoms with van der Waals surface area (Å²) in [7, 11) is 2.04. The van der Waals surface area contributed by atoms with Crippen LogP contribution in [-0.4, -0.2) is 38.5 Å². The summed E-state index contributed by atoms with van der Waals surface area (Å²) >= 11 is 0. The van der Waals surface area contributed by atoms with Gasteiger partial charge in [-0.05, 0) is 18.1 Å². The van der Waals surface area contributed by atoms with Crippen LogP contribution in [0.3, 0.4) is 0 Å². The van der Waals surface area contributed by atoms with E-state index in [9.17, 15) is 9.59 Å². The zero-order valence-corrected chi connectivity index (χ0v) is 11.0. The smallest absolute Gasteiger partial charge is 0.415 e. The number of carbonyl (C=O) groups excluding carboxylic acids is 2. The largest absolute Gasteiger partial charge is 0.442 e. The van der Waals surface area contributed by atoms with E-state index in [0.29, 0.717) is 6.54 Å². The molecular weight excluding hydrogens is 243 g/mol. The number of hydrogen-bond acceptors (Lipinski definition) is 3. The van der Waals surface area contributed by atoms with Crippen LogP contribution in [-0.2, 0) is 16.0 Å². The third kappa shape index (κ3) is 1.97. The number of carbonyl (C=O) groups is 2. The van der Waals surface area contributed by atoms with Crippen LogP contribution in [0.1, 0.15) is 12.5 Å². The molecule has 0 spiro atoms. The molecule has 1 N–H and O–H groups in total. The van der Waals surface area contributed by atoms with Crippen molar-refractivity contribution in [1.82, 2.24) is 5.32 Å². The molecule has 0 bridgehead atoms. The monoisotopic (exact) mass is 258 g/mol. The molecular formula is C13H15BN2O3. The van der Waals surface area contributed by atoms with Gasteiger partial charge in [0, 0.05) is 6.92 Å². The number of hydrogen-bond donors (Lipinski definition) is 1. The maximum atomic E-state index is 11.9. The van der Waals surface area contributed by atoms with E-state index in [4.69, 9.17) is 4.74 Å². The first-order valence-electron chi connectivity index (χ1n) is 6.40. The number of nitrogens with one attached hydrogen (secondary N) is 1. The van der Waals surface area contributed by atoms with E-state index in [1.165, 1.54) is 17.9 Å². The van der Waals surface area contributed by atoms with Crippen molar-refractivity contribution in [1.29, 1.82) is 0 Å². The lowest BCUT2D eigenvalue weighted by molar-refractivity contribution is -0.119. The molecule has 1 aromatic rings. The van der Waals surface area contributed by atoms with Crippen molar-refractivity contribution >= 4 is 31.0 Å². The van der Waals surface area contributed by atoms with Crippen LogP contribution in [0.15, 0.2) is 18.2 Å². The van der Waals surface area contributed by atoms with Crippen LogP contribution in [0, 0.1) is 0 Å². The molecule has 6 heteroatoms. The molecule has 1 aromatic carbocycles. The lowest BCUT2D eigenvalue weighted by Gasteiger charge is -2.16. The highest BCUT2D eigenvalue weighted by Crippen LogP contribution is 2.37. The lowest BCUT2D eigenvalue weighted by atomic mass is 9.93. The highest BCUT2D eigenvalue weighted by atomic mass is 16.6. The minimum Gasteiger partial charge on any atom is -0.442 e. The third-order valence-corrected chi connectivity index (χ3v) is 3.69. The molecule has 0 saturated carbocycles. The Bertz CT molecular complexity index is 561. The molecule has 3 rings (SSSR count). The maximum Gasteiger partial charge on any atom is 0.415 e. The number of amides is 2. The van der Waals surface area contributed by atoms with Crippen molar-refractivity contribution in [3.05, 3.63) is 23.8 Å². The second-order valence-electron chi connectivity index (χ2n) is 5.13. The minimum absolute atomic E-state index is 0.00356. The Kier molecular flexibility index (Phi) is 2.73. The average Bonchev–Trinajstić information content (AvgIpc) is 2.84. The van der Waals surface area contributed by atoms with Gasteiger partial charge in [-0.2, -0.15) is 0 Å². The van der Waals surface area contributed by atoms with E-state index in [2.05, 4.69) is 11.4 Å². The van der Waals surface area contributed by atoms with Crippen LogP contribution in [0.2, 0.25) is 0 Å². The molecule has 1 saturated heterocycles. The van der Waals surface area contributed by atoms with Gasteiger partial charge in [0.2, 0.25) is 5.91 Å². The Morgan fingerprint density at radius 2 is 2.37 bits per heavy atom. The zero-order chi connectivity index (χ0) is 13.6. The van der Waals surface area contributed by atoms with Crippen molar-refractivity contribution in [2.75, 3.05) is 11.4 Å². The highest BCUT2D eigenvalue weighted by Gasteiger charge is 2.47. The molecule has 2 aliphatic rings. The Labute approximate surface area is 112 Å². The number of benzene rings is 1. The normalized spacial score (nSPS) is 23.8. The summed E-state index contributed by atoms with van der Waals surface area (Å²) in [6, 6.07) is 6.06. The average molecular weight is 258 g/mol. The molecule has 2 aliphatic heterocycles. The standard InChI is InChI=1S/C13H15BN2O3/c1-7(17)15-6-12-11-5-8-4-9(14)2-3-10(8)16(11)13(18)19-12/h2-4,11-12H,5-6,14H2,1H3,(H,15,17). The quantitative estimate of drug-likeness (QED) is 0.716. The fourth-order valence-electron chi connectivity index (χ4n) is 2.83. The van der Waals surface area contributed by atoms with Gasteiger partial charge in [-0.25, -0.2) is 4.79 Å². The van der Waals surface area contributed by atoms with Crippen LogP contribution in [0.25, 0.3) is 0 Å². The number of ether oxygens (including phenoxy) is 1. The van der Waals surface area contributed by atoms with Gasteiger partial charge >= 0.3 is 6.09 Å². The van der Waals surface area contributed by atoms with Crippen molar-refractivity contribution in [2.45, 2.75) is 25.5 Å². The number of cyclic esters (lactones) is 1. The fraction of sp³-hybridized carbons (Fsp3) is 0.385. The van der Waals surface area contributed by atoms with Crippen molar-refractivity contribution in [2.24, 2.45) is 0 Å². The molecule has 5 nitrogen and oxygen atoms in total. The maximum absolute atomic E-state index is 11.9. The summed E-state index contributed by atoms with van der Waals surface area (Å²) in [5.74, 6) is -0.110. The zero-order valence-electron chi connectivity index (χ0n) is 11.0. The molecule has 0 aliphatic carbocycles. The number of nitrogens with zero attached hydrogens (tertiary/aromatic N) is 1. The van der Waals surface area contributed by atoms with Crippen LogP contribution in [0.4, 0.5) is 10.5 Å². The molecule has 2 heterocycles. The minimum atomic E-state index is -0.317. The van der Waals surface area contributed by atoms with Crippen LogP contribution < -0.4 is 15.7 Å².